The highest BCUT2D eigenvalue weighted by Crippen LogP contribution is 2.40. The van der Waals surface area contributed by atoms with Gasteiger partial charge >= 0.3 is 0 Å². The van der Waals surface area contributed by atoms with Gasteiger partial charge in [0.15, 0.2) is 8.32 Å². The van der Waals surface area contributed by atoms with Gasteiger partial charge in [-0.25, -0.2) is 0 Å². The molecule has 0 aromatic rings. The van der Waals surface area contributed by atoms with Gasteiger partial charge in [0, 0.05) is 13.7 Å². The van der Waals surface area contributed by atoms with Crippen molar-refractivity contribution in [1.82, 2.24) is 0 Å². The van der Waals surface area contributed by atoms with Crippen LogP contribution in [0.15, 0.2) is 0 Å². The lowest BCUT2D eigenvalue weighted by Crippen LogP contribution is -2.49. The van der Waals surface area contributed by atoms with Gasteiger partial charge in [-0.2, -0.15) is 0 Å². The number of ether oxygens (including phenoxy) is 1. The summed E-state index contributed by atoms with van der Waals surface area (Å²) in [6.45, 7) is 11.7. The van der Waals surface area contributed by atoms with Crippen LogP contribution in [-0.2, 0) is 9.16 Å². The minimum absolute atomic E-state index is 0.194. The predicted molar refractivity (Wildman–Crippen MR) is 81.9 cm³/mol. The first-order valence-corrected chi connectivity index (χ1v) is 10.4. The van der Waals surface area contributed by atoms with E-state index in [9.17, 15) is 0 Å². The minimum atomic E-state index is -1.72. The maximum atomic E-state index is 9.07. The van der Waals surface area contributed by atoms with Crippen LogP contribution in [0.25, 0.3) is 0 Å². The van der Waals surface area contributed by atoms with Crippen LogP contribution in [0.5, 0.6) is 0 Å². The third-order valence-electron chi connectivity index (χ3n) is 4.93. The summed E-state index contributed by atoms with van der Waals surface area (Å²) in [5, 5.41) is 9.31. The molecule has 0 spiro atoms. The van der Waals surface area contributed by atoms with Crippen molar-refractivity contribution in [3.63, 3.8) is 0 Å². The Kier molecular flexibility index (Phi) is 6.05. The van der Waals surface area contributed by atoms with E-state index in [4.69, 9.17) is 14.3 Å². The van der Waals surface area contributed by atoms with Crippen molar-refractivity contribution >= 4 is 8.32 Å². The van der Waals surface area contributed by atoms with Gasteiger partial charge in [0.2, 0.25) is 0 Å². The molecule has 0 bridgehead atoms. The summed E-state index contributed by atoms with van der Waals surface area (Å²) in [5.41, 5.74) is 0. The molecule has 1 fully saturated rings. The van der Waals surface area contributed by atoms with Crippen molar-refractivity contribution in [3.05, 3.63) is 0 Å². The second-order valence-corrected chi connectivity index (χ2v) is 12.1. The first-order chi connectivity index (χ1) is 8.71. The summed E-state index contributed by atoms with van der Waals surface area (Å²) in [6.07, 6.45) is 4.57. The Labute approximate surface area is 119 Å². The molecule has 1 saturated carbocycles. The van der Waals surface area contributed by atoms with Gasteiger partial charge in [-0.3, -0.25) is 0 Å². The van der Waals surface area contributed by atoms with E-state index >= 15 is 0 Å². The molecule has 3 atom stereocenters. The number of rotatable bonds is 5. The zero-order valence-corrected chi connectivity index (χ0v) is 14.5. The van der Waals surface area contributed by atoms with Crippen molar-refractivity contribution in [2.45, 2.75) is 76.8 Å². The Morgan fingerprint density at radius 3 is 2.26 bits per heavy atom. The predicted octanol–water partition coefficient (Wildman–Crippen LogP) is 3.57. The lowest BCUT2D eigenvalue weighted by atomic mass is 9.83. The maximum absolute atomic E-state index is 9.07. The SMILES string of the molecule is CO[C@@H]1C[C@H](CCO)CC[C@H]1O[Si](C)(C)C(C)(C)C. The fourth-order valence-corrected chi connectivity index (χ4v) is 3.95. The van der Waals surface area contributed by atoms with Crippen LogP contribution in [0.2, 0.25) is 18.1 Å². The number of aliphatic hydroxyl groups is 1. The van der Waals surface area contributed by atoms with Gasteiger partial charge in [0.1, 0.15) is 0 Å². The molecule has 3 nitrogen and oxygen atoms in total. The molecule has 4 heteroatoms. The molecule has 114 valence electrons. The number of aliphatic hydroxyl groups excluding tert-OH is 1. The molecule has 0 unspecified atom stereocenters. The average molecular weight is 289 g/mol. The van der Waals surface area contributed by atoms with Crippen molar-refractivity contribution in [1.29, 1.82) is 0 Å². The summed E-state index contributed by atoms with van der Waals surface area (Å²) in [7, 11) is 0.0654. The van der Waals surface area contributed by atoms with Crippen molar-refractivity contribution < 1.29 is 14.3 Å². The molecule has 0 aliphatic heterocycles. The molecule has 1 rings (SSSR count). The van der Waals surface area contributed by atoms with E-state index in [0.717, 1.165) is 25.7 Å². The van der Waals surface area contributed by atoms with Crippen LogP contribution >= 0.6 is 0 Å². The molecule has 0 aromatic heterocycles. The van der Waals surface area contributed by atoms with Crippen molar-refractivity contribution in [2.24, 2.45) is 5.92 Å². The van der Waals surface area contributed by atoms with E-state index in [0.29, 0.717) is 5.92 Å². The molecule has 0 amide bonds. The Bertz CT molecular complexity index is 273. The van der Waals surface area contributed by atoms with E-state index in [-0.39, 0.29) is 23.9 Å². The van der Waals surface area contributed by atoms with E-state index < -0.39 is 8.32 Å². The lowest BCUT2D eigenvalue weighted by molar-refractivity contribution is -0.0463. The highest BCUT2D eigenvalue weighted by Gasteiger charge is 2.42. The van der Waals surface area contributed by atoms with Crippen LogP contribution in [0.4, 0.5) is 0 Å². The Morgan fingerprint density at radius 2 is 1.79 bits per heavy atom. The summed E-state index contributed by atoms with van der Waals surface area (Å²) in [4.78, 5) is 0. The molecule has 1 aliphatic rings. The van der Waals surface area contributed by atoms with Crippen molar-refractivity contribution in [3.8, 4) is 0 Å². The largest absolute Gasteiger partial charge is 0.411 e. The summed E-state index contributed by atoms with van der Waals surface area (Å²) in [5.74, 6) is 0.592. The van der Waals surface area contributed by atoms with Crippen molar-refractivity contribution in [2.75, 3.05) is 13.7 Å². The smallest absolute Gasteiger partial charge is 0.192 e. The molecule has 0 aromatic carbocycles. The van der Waals surface area contributed by atoms with Gasteiger partial charge in [-0.1, -0.05) is 20.8 Å². The molecular formula is C15H32O3Si. The molecule has 19 heavy (non-hydrogen) atoms. The van der Waals surface area contributed by atoms with Crippen LogP contribution in [0.3, 0.4) is 0 Å². The number of methoxy groups -OCH3 is 1. The highest BCUT2D eigenvalue weighted by atomic mass is 28.4. The molecule has 0 saturated heterocycles. The normalized spacial score (nSPS) is 29.5. The molecule has 1 N–H and O–H groups in total. The third-order valence-corrected chi connectivity index (χ3v) is 9.44. The molecule has 0 heterocycles. The Hall–Kier alpha value is 0.0969. The lowest BCUT2D eigenvalue weighted by Gasteiger charge is -2.44. The Morgan fingerprint density at radius 1 is 1.16 bits per heavy atom. The number of hydrogen-bond donors (Lipinski definition) is 1. The average Bonchev–Trinajstić information content (AvgIpc) is 2.29. The highest BCUT2D eigenvalue weighted by molar-refractivity contribution is 6.74. The van der Waals surface area contributed by atoms with Gasteiger partial charge in [0.25, 0.3) is 0 Å². The van der Waals surface area contributed by atoms with Gasteiger partial charge in [-0.15, -0.1) is 0 Å². The van der Waals surface area contributed by atoms with Crippen LogP contribution in [0.1, 0.15) is 46.5 Å². The number of hydrogen-bond acceptors (Lipinski definition) is 3. The van der Waals surface area contributed by atoms with Crippen LogP contribution < -0.4 is 0 Å². The monoisotopic (exact) mass is 288 g/mol. The first-order valence-electron chi connectivity index (χ1n) is 7.52. The fraction of sp³-hybridized carbons (Fsp3) is 1.00. The van der Waals surface area contributed by atoms with E-state index in [2.05, 4.69) is 33.9 Å². The summed E-state index contributed by atoms with van der Waals surface area (Å²) < 4.78 is 12.2. The summed E-state index contributed by atoms with van der Waals surface area (Å²) >= 11 is 0. The Balaban J connectivity index is 2.64. The van der Waals surface area contributed by atoms with Crippen LogP contribution in [-0.4, -0.2) is 39.3 Å². The second-order valence-electron chi connectivity index (χ2n) is 7.38. The van der Waals surface area contributed by atoms with Gasteiger partial charge in [0.05, 0.1) is 12.2 Å². The topological polar surface area (TPSA) is 38.7 Å². The molecule has 0 radical (unpaired) electrons. The minimum Gasteiger partial charge on any atom is -0.411 e. The van der Waals surface area contributed by atoms with Gasteiger partial charge in [-0.05, 0) is 49.7 Å². The van der Waals surface area contributed by atoms with E-state index in [1.807, 2.05) is 0 Å². The van der Waals surface area contributed by atoms with Gasteiger partial charge < -0.3 is 14.3 Å². The van der Waals surface area contributed by atoms with E-state index in [1.54, 1.807) is 7.11 Å². The molecular weight excluding hydrogens is 256 g/mol. The first kappa shape index (κ1) is 17.1. The second kappa shape index (κ2) is 6.70. The standard InChI is InChI=1S/C15H32O3Si/c1-15(2,3)19(5,6)18-13-8-7-12(9-10-16)11-14(13)17-4/h12-14,16H,7-11H2,1-6H3/t12-,13+,14+/m0/s1. The fourth-order valence-electron chi connectivity index (χ4n) is 2.57. The van der Waals surface area contributed by atoms with E-state index in [1.165, 1.54) is 0 Å². The quantitative estimate of drug-likeness (QED) is 0.786. The molecule has 1 aliphatic carbocycles. The zero-order chi connectivity index (χ0) is 14.7. The third kappa shape index (κ3) is 4.55. The summed E-state index contributed by atoms with van der Waals surface area (Å²) in [6, 6.07) is 0. The maximum Gasteiger partial charge on any atom is 0.192 e. The van der Waals surface area contributed by atoms with Crippen LogP contribution in [0, 0.1) is 5.92 Å². The zero-order valence-electron chi connectivity index (χ0n) is 13.5.